The predicted molar refractivity (Wildman–Crippen MR) is 96.0 cm³/mol. The Labute approximate surface area is 160 Å². The fourth-order valence-corrected chi connectivity index (χ4v) is 2.15. The minimum atomic E-state index is -1.34. The lowest BCUT2D eigenvalue weighted by Gasteiger charge is -2.20. The first-order valence-electron chi connectivity index (χ1n) is 8.27. The van der Waals surface area contributed by atoms with Crippen LogP contribution >= 0.6 is 0 Å². The molecule has 28 heavy (non-hydrogen) atoms. The van der Waals surface area contributed by atoms with Crippen LogP contribution in [0.2, 0.25) is 0 Å². The van der Waals surface area contributed by atoms with Crippen molar-refractivity contribution in [3.63, 3.8) is 0 Å². The number of nitrogens with one attached hydrogen (secondary N) is 3. The molecule has 1 rings (SSSR count). The average Bonchev–Trinajstić information content (AvgIpc) is 2.64. The summed E-state index contributed by atoms with van der Waals surface area (Å²) in [6.07, 6.45) is -0.530. The van der Waals surface area contributed by atoms with Crippen LogP contribution in [0.5, 0.6) is 0 Å². The molecule has 0 aliphatic carbocycles. The highest BCUT2D eigenvalue weighted by Gasteiger charge is 2.25. The van der Waals surface area contributed by atoms with E-state index in [1.54, 1.807) is 30.3 Å². The molecule has 0 radical (unpaired) electrons. The van der Waals surface area contributed by atoms with E-state index in [0.29, 0.717) is 5.56 Å². The highest BCUT2D eigenvalue weighted by atomic mass is 16.4. The molecule has 7 N–H and O–H groups in total. The Kier molecular flexibility index (Phi) is 9.10. The lowest BCUT2D eigenvalue weighted by molar-refractivity contribution is -0.139. The standard InChI is InChI=1S/C17H22N4O7/c18-11(7-14(23)24)16(27)21-12(6-10-4-2-1-3-5-10)17(28)20-8-13(22)19-9-15(25)26/h1-5,11-12H,6-9,18H2,(H,19,22)(H,20,28)(H,21,27)(H,23,24)(H,25,26)/t11-,12-/m0/s1. The number of aliphatic carboxylic acids is 2. The van der Waals surface area contributed by atoms with E-state index in [9.17, 15) is 24.0 Å². The van der Waals surface area contributed by atoms with Gasteiger partial charge < -0.3 is 31.9 Å². The highest BCUT2D eigenvalue weighted by molar-refractivity contribution is 5.93. The quantitative estimate of drug-likeness (QED) is 0.244. The first-order chi connectivity index (χ1) is 13.2. The molecule has 0 spiro atoms. The number of nitrogens with two attached hydrogens (primary N) is 1. The first kappa shape index (κ1) is 22.6. The average molecular weight is 394 g/mol. The topological polar surface area (TPSA) is 188 Å². The molecule has 11 heteroatoms. The van der Waals surface area contributed by atoms with Gasteiger partial charge in [0.05, 0.1) is 19.0 Å². The van der Waals surface area contributed by atoms with Crippen molar-refractivity contribution in [2.24, 2.45) is 5.73 Å². The summed E-state index contributed by atoms with van der Waals surface area (Å²) in [5.41, 5.74) is 6.22. The Morgan fingerprint density at radius 3 is 2.11 bits per heavy atom. The van der Waals surface area contributed by atoms with Crippen molar-refractivity contribution >= 4 is 29.7 Å². The minimum Gasteiger partial charge on any atom is -0.481 e. The summed E-state index contributed by atoms with van der Waals surface area (Å²) >= 11 is 0. The van der Waals surface area contributed by atoms with Gasteiger partial charge in [-0.2, -0.15) is 0 Å². The fraction of sp³-hybridized carbons (Fsp3) is 0.353. The first-order valence-corrected chi connectivity index (χ1v) is 8.27. The van der Waals surface area contributed by atoms with Crippen LogP contribution in [0.4, 0.5) is 0 Å². The Morgan fingerprint density at radius 1 is 0.893 bits per heavy atom. The summed E-state index contributed by atoms with van der Waals surface area (Å²) in [4.78, 5) is 57.1. The van der Waals surface area contributed by atoms with Crippen molar-refractivity contribution in [2.45, 2.75) is 24.9 Å². The van der Waals surface area contributed by atoms with E-state index in [1.165, 1.54) is 0 Å². The molecular weight excluding hydrogens is 372 g/mol. The van der Waals surface area contributed by atoms with Crippen LogP contribution in [0.1, 0.15) is 12.0 Å². The van der Waals surface area contributed by atoms with E-state index in [4.69, 9.17) is 15.9 Å². The molecule has 152 valence electrons. The molecule has 2 atom stereocenters. The van der Waals surface area contributed by atoms with Gasteiger partial charge in [-0.25, -0.2) is 0 Å². The van der Waals surface area contributed by atoms with Crippen molar-refractivity contribution in [3.8, 4) is 0 Å². The number of amides is 3. The number of rotatable bonds is 11. The molecule has 0 heterocycles. The van der Waals surface area contributed by atoms with Gasteiger partial charge in [0, 0.05) is 6.42 Å². The van der Waals surface area contributed by atoms with Crippen molar-refractivity contribution in [1.29, 1.82) is 0 Å². The monoisotopic (exact) mass is 394 g/mol. The van der Waals surface area contributed by atoms with E-state index in [-0.39, 0.29) is 6.42 Å². The molecule has 0 aromatic heterocycles. The molecule has 0 aliphatic heterocycles. The van der Waals surface area contributed by atoms with Crippen LogP contribution in [0, 0.1) is 0 Å². The lowest BCUT2D eigenvalue weighted by atomic mass is 10.0. The molecule has 1 aromatic rings. The molecule has 0 bridgehead atoms. The van der Waals surface area contributed by atoms with Gasteiger partial charge in [0.15, 0.2) is 0 Å². The third kappa shape index (κ3) is 8.76. The number of carbonyl (C=O) groups is 5. The fourth-order valence-electron chi connectivity index (χ4n) is 2.15. The number of benzene rings is 1. The van der Waals surface area contributed by atoms with E-state index in [2.05, 4.69) is 16.0 Å². The molecule has 0 fully saturated rings. The summed E-state index contributed by atoms with van der Waals surface area (Å²) in [6.45, 7) is -1.09. The maximum absolute atomic E-state index is 12.4. The zero-order valence-electron chi connectivity index (χ0n) is 14.9. The molecule has 0 saturated heterocycles. The number of carboxylic acid groups (broad SMARTS) is 2. The van der Waals surface area contributed by atoms with Crippen molar-refractivity contribution in [1.82, 2.24) is 16.0 Å². The Balaban J connectivity index is 2.74. The summed E-state index contributed by atoms with van der Waals surface area (Å²) < 4.78 is 0. The zero-order valence-corrected chi connectivity index (χ0v) is 14.9. The minimum absolute atomic E-state index is 0.0783. The van der Waals surface area contributed by atoms with Gasteiger partial charge in [-0.1, -0.05) is 30.3 Å². The molecule has 1 aromatic carbocycles. The Morgan fingerprint density at radius 2 is 1.54 bits per heavy atom. The van der Waals surface area contributed by atoms with E-state index in [1.807, 2.05) is 0 Å². The second-order valence-corrected chi connectivity index (χ2v) is 5.84. The van der Waals surface area contributed by atoms with Gasteiger partial charge in [-0.15, -0.1) is 0 Å². The van der Waals surface area contributed by atoms with Gasteiger partial charge in [-0.05, 0) is 5.56 Å². The number of hydrogen-bond acceptors (Lipinski definition) is 6. The van der Waals surface area contributed by atoms with Crippen LogP contribution in [-0.4, -0.2) is 65.0 Å². The van der Waals surface area contributed by atoms with Crippen LogP contribution < -0.4 is 21.7 Å². The lowest BCUT2D eigenvalue weighted by Crippen LogP contribution is -2.54. The van der Waals surface area contributed by atoms with E-state index < -0.39 is 61.3 Å². The van der Waals surface area contributed by atoms with Gasteiger partial charge in [0.2, 0.25) is 17.7 Å². The summed E-state index contributed by atoms with van der Waals surface area (Å²) in [7, 11) is 0. The van der Waals surface area contributed by atoms with Crippen LogP contribution in [-0.2, 0) is 30.4 Å². The van der Waals surface area contributed by atoms with Gasteiger partial charge >= 0.3 is 11.9 Å². The van der Waals surface area contributed by atoms with Crippen LogP contribution in [0.15, 0.2) is 30.3 Å². The highest BCUT2D eigenvalue weighted by Crippen LogP contribution is 2.04. The molecule has 0 aliphatic rings. The third-order valence-electron chi connectivity index (χ3n) is 3.51. The SMILES string of the molecule is N[C@@H](CC(=O)O)C(=O)N[C@@H](Cc1ccccc1)C(=O)NCC(=O)NCC(=O)O. The van der Waals surface area contributed by atoms with Crippen molar-refractivity contribution in [3.05, 3.63) is 35.9 Å². The third-order valence-corrected chi connectivity index (χ3v) is 3.51. The Bertz CT molecular complexity index is 723. The Hall–Kier alpha value is -3.47. The van der Waals surface area contributed by atoms with E-state index in [0.717, 1.165) is 0 Å². The molecule has 0 saturated carbocycles. The molecule has 0 unspecified atom stereocenters. The molecule has 3 amide bonds. The second kappa shape index (κ2) is 11.3. The maximum atomic E-state index is 12.4. The molecular formula is C17H22N4O7. The van der Waals surface area contributed by atoms with Gasteiger partial charge in [-0.3, -0.25) is 24.0 Å². The largest absolute Gasteiger partial charge is 0.481 e. The molecule has 11 nitrogen and oxygen atoms in total. The van der Waals surface area contributed by atoms with Gasteiger partial charge in [0.25, 0.3) is 0 Å². The predicted octanol–water partition coefficient (Wildman–Crippen LogP) is -2.17. The van der Waals surface area contributed by atoms with Gasteiger partial charge in [0.1, 0.15) is 12.6 Å². The smallest absolute Gasteiger partial charge is 0.322 e. The van der Waals surface area contributed by atoms with Crippen molar-refractivity contribution in [2.75, 3.05) is 13.1 Å². The number of carboxylic acids is 2. The summed E-state index contributed by atoms with van der Waals surface area (Å²) in [5, 5.41) is 24.0. The zero-order chi connectivity index (χ0) is 21.1. The number of hydrogen-bond donors (Lipinski definition) is 6. The van der Waals surface area contributed by atoms with Crippen LogP contribution in [0.25, 0.3) is 0 Å². The number of carbonyl (C=O) groups excluding carboxylic acids is 3. The van der Waals surface area contributed by atoms with Crippen LogP contribution in [0.3, 0.4) is 0 Å². The van der Waals surface area contributed by atoms with Crippen molar-refractivity contribution < 1.29 is 34.2 Å². The normalized spacial score (nSPS) is 12.3. The second-order valence-electron chi connectivity index (χ2n) is 5.84. The van der Waals surface area contributed by atoms with E-state index >= 15 is 0 Å². The summed E-state index contributed by atoms with van der Waals surface area (Å²) in [6, 6.07) is 6.24. The summed E-state index contributed by atoms with van der Waals surface area (Å²) in [5.74, 6) is -4.75. The maximum Gasteiger partial charge on any atom is 0.322 e.